The number of rotatable bonds is 2. The number of nitrogens with two attached hydrogens (primary N) is 1. The summed E-state index contributed by atoms with van der Waals surface area (Å²) >= 11 is 13.1. The van der Waals surface area contributed by atoms with Crippen LogP contribution in [0.5, 0.6) is 0 Å². The standard InChI is InChI=1S/C27H26Cl2N2O/c1-27(2,3)18-13-17(12-16-8-4-6-10-22(16)28)25-20(14-18)24(21(15-30)26(31)32-25)19-9-5-7-11-23(19)29/h4-12,18,24H,13-14,31H2,1-3H3/b17-12+/t18-,24-/m0/s1. The number of nitrogens with zero attached hydrogens (tertiary/aromatic N) is 1. The Balaban J connectivity index is 1.95. The molecule has 0 fully saturated rings. The maximum atomic E-state index is 9.97. The third kappa shape index (κ3) is 4.18. The average molecular weight is 465 g/mol. The van der Waals surface area contributed by atoms with Gasteiger partial charge in [-0.3, -0.25) is 0 Å². The van der Waals surface area contributed by atoms with Crippen molar-refractivity contribution in [2.45, 2.75) is 39.5 Å². The van der Waals surface area contributed by atoms with Crippen LogP contribution in [0.3, 0.4) is 0 Å². The lowest BCUT2D eigenvalue weighted by Gasteiger charge is -2.41. The van der Waals surface area contributed by atoms with Crippen LogP contribution in [-0.4, -0.2) is 0 Å². The van der Waals surface area contributed by atoms with Crippen molar-refractivity contribution in [1.82, 2.24) is 0 Å². The van der Waals surface area contributed by atoms with Crippen LogP contribution in [-0.2, 0) is 4.74 Å². The van der Waals surface area contributed by atoms with Crippen molar-refractivity contribution in [3.8, 4) is 6.07 Å². The number of nitriles is 1. The third-order valence-electron chi connectivity index (χ3n) is 6.43. The van der Waals surface area contributed by atoms with Gasteiger partial charge in [-0.05, 0) is 64.7 Å². The molecule has 3 nitrogen and oxygen atoms in total. The van der Waals surface area contributed by atoms with E-state index in [0.29, 0.717) is 21.5 Å². The van der Waals surface area contributed by atoms with Gasteiger partial charge in [0.05, 0.1) is 5.92 Å². The number of ether oxygens (including phenoxy) is 1. The van der Waals surface area contributed by atoms with Crippen molar-refractivity contribution in [1.29, 1.82) is 5.26 Å². The molecule has 0 saturated heterocycles. The molecule has 2 aliphatic rings. The SMILES string of the molecule is CC(C)(C)[C@@H]1CC2=C(OC(N)=C(C#N)[C@H]2c2ccccc2Cl)/C(=C/c2ccccc2Cl)C1. The van der Waals surface area contributed by atoms with Crippen LogP contribution in [0, 0.1) is 22.7 Å². The summed E-state index contributed by atoms with van der Waals surface area (Å²) in [5.74, 6) is 0.891. The number of halogens is 2. The molecule has 2 aromatic carbocycles. The van der Waals surface area contributed by atoms with Crippen molar-refractivity contribution >= 4 is 29.3 Å². The van der Waals surface area contributed by atoms with Crippen molar-refractivity contribution in [3.63, 3.8) is 0 Å². The summed E-state index contributed by atoms with van der Waals surface area (Å²) in [6.07, 6.45) is 3.72. The van der Waals surface area contributed by atoms with E-state index >= 15 is 0 Å². The first-order chi connectivity index (χ1) is 15.2. The van der Waals surface area contributed by atoms with Gasteiger partial charge in [0, 0.05) is 10.0 Å². The molecular formula is C27H26Cl2N2O. The van der Waals surface area contributed by atoms with Crippen LogP contribution in [0.4, 0.5) is 0 Å². The van der Waals surface area contributed by atoms with E-state index < -0.39 is 0 Å². The van der Waals surface area contributed by atoms with Gasteiger partial charge in [0.1, 0.15) is 17.4 Å². The maximum Gasteiger partial charge on any atom is 0.205 e. The van der Waals surface area contributed by atoms with Crippen LogP contribution in [0.15, 0.2) is 76.9 Å². The number of hydrogen-bond acceptors (Lipinski definition) is 3. The molecule has 1 heterocycles. The summed E-state index contributed by atoms with van der Waals surface area (Å²) in [5, 5.41) is 11.3. The molecule has 0 saturated carbocycles. The van der Waals surface area contributed by atoms with Crippen molar-refractivity contribution in [2.75, 3.05) is 0 Å². The Morgan fingerprint density at radius 3 is 2.31 bits per heavy atom. The molecule has 2 N–H and O–H groups in total. The molecule has 0 amide bonds. The first-order valence-electron chi connectivity index (χ1n) is 10.7. The number of allylic oxidation sites excluding steroid dienone is 3. The van der Waals surface area contributed by atoms with E-state index in [-0.39, 0.29) is 17.2 Å². The van der Waals surface area contributed by atoms with Gasteiger partial charge in [-0.1, -0.05) is 80.4 Å². The zero-order chi connectivity index (χ0) is 23.0. The first kappa shape index (κ1) is 22.5. The predicted octanol–water partition coefficient (Wildman–Crippen LogP) is 7.59. The van der Waals surface area contributed by atoms with Crippen LogP contribution < -0.4 is 5.73 Å². The van der Waals surface area contributed by atoms with E-state index in [1.807, 2.05) is 48.5 Å². The van der Waals surface area contributed by atoms with E-state index in [9.17, 15) is 5.26 Å². The van der Waals surface area contributed by atoms with Crippen LogP contribution in [0.25, 0.3) is 6.08 Å². The van der Waals surface area contributed by atoms with E-state index in [4.69, 9.17) is 33.7 Å². The molecule has 164 valence electrons. The minimum atomic E-state index is -0.336. The Bertz CT molecular complexity index is 1190. The Kier molecular flexibility index (Phi) is 6.12. The van der Waals surface area contributed by atoms with Crippen LogP contribution >= 0.6 is 23.2 Å². The molecule has 2 aromatic rings. The second kappa shape index (κ2) is 8.70. The van der Waals surface area contributed by atoms with E-state index in [1.54, 1.807) is 0 Å². The van der Waals surface area contributed by atoms with Crippen LogP contribution in [0.1, 0.15) is 50.7 Å². The fourth-order valence-electron chi connectivity index (χ4n) is 4.54. The highest BCUT2D eigenvalue weighted by atomic mass is 35.5. The number of benzene rings is 2. The van der Waals surface area contributed by atoms with Crippen molar-refractivity contribution in [3.05, 3.63) is 98.1 Å². The summed E-state index contributed by atoms with van der Waals surface area (Å²) in [7, 11) is 0. The highest BCUT2D eigenvalue weighted by Gasteiger charge is 2.41. The minimum absolute atomic E-state index is 0.0582. The monoisotopic (exact) mass is 464 g/mol. The van der Waals surface area contributed by atoms with Crippen molar-refractivity contribution < 1.29 is 4.74 Å². The molecule has 0 bridgehead atoms. The van der Waals surface area contributed by atoms with Crippen LogP contribution in [0.2, 0.25) is 10.0 Å². The summed E-state index contributed by atoms with van der Waals surface area (Å²) in [6, 6.07) is 17.7. The third-order valence-corrected chi connectivity index (χ3v) is 7.12. The van der Waals surface area contributed by atoms with Gasteiger partial charge >= 0.3 is 0 Å². The fraction of sp³-hybridized carbons (Fsp3) is 0.296. The molecule has 5 heteroatoms. The molecular weight excluding hydrogens is 439 g/mol. The topological polar surface area (TPSA) is 59.0 Å². The van der Waals surface area contributed by atoms with Gasteiger partial charge in [-0.2, -0.15) is 5.26 Å². The zero-order valence-corrected chi connectivity index (χ0v) is 20.0. The van der Waals surface area contributed by atoms with E-state index in [1.165, 1.54) is 0 Å². The lowest BCUT2D eigenvalue weighted by Crippen LogP contribution is -2.31. The molecule has 4 rings (SSSR count). The van der Waals surface area contributed by atoms with Gasteiger partial charge in [0.15, 0.2) is 0 Å². The van der Waals surface area contributed by atoms with Gasteiger partial charge in [-0.15, -0.1) is 0 Å². The Morgan fingerprint density at radius 1 is 1.03 bits per heavy atom. The lowest BCUT2D eigenvalue weighted by molar-refractivity contribution is 0.200. The Labute approximate surface area is 199 Å². The smallest absolute Gasteiger partial charge is 0.205 e. The van der Waals surface area contributed by atoms with Gasteiger partial charge < -0.3 is 10.5 Å². The quantitative estimate of drug-likeness (QED) is 0.497. The van der Waals surface area contributed by atoms with E-state index in [0.717, 1.165) is 40.9 Å². The predicted molar refractivity (Wildman–Crippen MR) is 131 cm³/mol. The summed E-state index contributed by atoms with van der Waals surface area (Å²) in [5.41, 5.74) is 10.6. The molecule has 0 aromatic heterocycles. The molecule has 1 aliphatic carbocycles. The molecule has 32 heavy (non-hydrogen) atoms. The van der Waals surface area contributed by atoms with Gasteiger partial charge in [-0.25, -0.2) is 0 Å². The minimum Gasteiger partial charge on any atom is -0.440 e. The maximum absolute atomic E-state index is 9.97. The number of hydrogen-bond donors (Lipinski definition) is 1. The molecule has 1 aliphatic heterocycles. The summed E-state index contributed by atoms with van der Waals surface area (Å²) in [6.45, 7) is 6.75. The average Bonchev–Trinajstić information content (AvgIpc) is 2.74. The molecule has 0 radical (unpaired) electrons. The first-order valence-corrected chi connectivity index (χ1v) is 11.5. The Morgan fingerprint density at radius 2 is 1.69 bits per heavy atom. The second-order valence-electron chi connectivity index (χ2n) is 9.46. The fourth-order valence-corrected chi connectivity index (χ4v) is 4.98. The molecule has 0 spiro atoms. The lowest BCUT2D eigenvalue weighted by atomic mass is 9.66. The van der Waals surface area contributed by atoms with Gasteiger partial charge in [0.2, 0.25) is 5.88 Å². The largest absolute Gasteiger partial charge is 0.440 e. The Hall–Kier alpha value is -2.67. The highest BCUT2D eigenvalue weighted by molar-refractivity contribution is 6.32. The molecule has 0 unspecified atom stereocenters. The zero-order valence-electron chi connectivity index (χ0n) is 18.5. The normalized spacial score (nSPS) is 22.4. The summed E-state index contributed by atoms with van der Waals surface area (Å²) in [4.78, 5) is 0. The van der Waals surface area contributed by atoms with E-state index in [2.05, 4.69) is 32.9 Å². The summed E-state index contributed by atoms with van der Waals surface area (Å²) < 4.78 is 6.13. The van der Waals surface area contributed by atoms with Crippen molar-refractivity contribution in [2.24, 2.45) is 17.1 Å². The second-order valence-corrected chi connectivity index (χ2v) is 10.3. The van der Waals surface area contributed by atoms with Gasteiger partial charge in [0.25, 0.3) is 0 Å². The highest BCUT2D eigenvalue weighted by Crippen LogP contribution is 2.52. The molecule has 2 atom stereocenters.